The largest absolute Gasteiger partial charge is 0.467 e. The molecule has 1 N–H and O–H groups in total. The van der Waals surface area contributed by atoms with Gasteiger partial charge in [0.05, 0.1) is 7.11 Å². The number of hydrogen-bond acceptors (Lipinski definition) is 3. The molecule has 2 rings (SSSR count). The second kappa shape index (κ2) is 4.72. The molecule has 1 aromatic carbocycles. The van der Waals surface area contributed by atoms with Crippen molar-refractivity contribution >= 4 is 5.97 Å². The predicted octanol–water partition coefficient (Wildman–Crippen LogP) is 1.69. The zero-order valence-corrected chi connectivity index (χ0v) is 10.1. The lowest BCUT2D eigenvalue weighted by Gasteiger charge is -2.26. The number of nitrogens with one attached hydrogen (secondary N) is 1. The molecule has 0 aliphatic carbocycles. The number of ether oxygens (including phenoxy) is 1. The summed E-state index contributed by atoms with van der Waals surface area (Å²) in [6, 6.07) is 10.1. The first-order chi connectivity index (χ1) is 8.16. The van der Waals surface area contributed by atoms with Crippen LogP contribution >= 0.6 is 0 Å². The van der Waals surface area contributed by atoms with E-state index >= 15 is 0 Å². The molecule has 0 saturated carbocycles. The summed E-state index contributed by atoms with van der Waals surface area (Å²) < 4.78 is 4.91. The Bertz CT molecular complexity index is 427. The van der Waals surface area contributed by atoms with Gasteiger partial charge in [-0.2, -0.15) is 0 Å². The van der Waals surface area contributed by atoms with Crippen LogP contribution in [0.5, 0.6) is 0 Å². The average Bonchev–Trinajstić information content (AvgIpc) is 2.72. The predicted molar refractivity (Wildman–Crippen MR) is 66.6 cm³/mol. The number of esters is 1. The quantitative estimate of drug-likeness (QED) is 0.635. The number of hydrogen-bond donors (Lipinski definition) is 1. The van der Waals surface area contributed by atoms with Gasteiger partial charge in [0.15, 0.2) is 0 Å². The van der Waals surface area contributed by atoms with E-state index in [0.717, 1.165) is 5.56 Å². The summed E-state index contributed by atoms with van der Waals surface area (Å²) >= 11 is 0. The third kappa shape index (κ3) is 2.39. The average molecular weight is 231 g/mol. The minimum Gasteiger partial charge on any atom is -0.467 e. The summed E-state index contributed by atoms with van der Waals surface area (Å²) in [6.07, 6.45) is 4.53. The Kier molecular flexibility index (Phi) is 3.29. The van der Waals surface area contributed by atoms with Crippen molar-refractivity contribution in [3.63, 3.8) is 0 Å². The van der Waals surface area contributed by atoms with Crippen LogP contribution in [0.25, 0.3) is 0 Å². The molecule has 0 saturated heterocycles. The first-order valence-corrected chi connectivity index (χ1v) is 5.76. The highest BCUT2D eigenvalue weighted by molar-refractivity contribution is 5.84. The van der Waals surface area contributed by atoms with Gasteiger partial charge >= 0.3 is 5.97 Å². The lowest BCUT2D eigenvalue weighted by molar-refractivity contribution is -0.146. The van der Waals surface area contributed by atoms with E-state index < -0.39 is 5.54 Å². The molecular weight excluding hydrogens is 214 g/mol. The van der Waals surface area contributed by atoms with Gasteiger partial charge < -0.3 is 4.74 Å². The molecule has 1 aliphatic rings. The third-order valence-electron chi connectivity index (χ3n) is 3.03. The molecule has 1 heterocycles. The van der Waals surface area contributed by atoms with Gasteiger partial charge in [0, 0.05) is 12.5 Å². The number of carbonyl (C=O) groups excluding carboxylic acids is 1. The molecule has 0 bridgehead atoms. The van der Waals surface area contributed by atoms with Gasteiger partial charge in [0.2, 0.25) is 0 Å². The maximum atomic E-state index is 11.9. The SMILES string of the molecule is COC(=O)[C@@]1(Cc2ccccc2)C=C[C@@H](C)N1. The van der Waals surface area contributed by atoms with E-state index in [4.69, 9.17) is 4.74 Å². The fraction of sp³-hybridized carbons (Fsp3) is 0.357. The van der Waals surface area contributed by atoms with Crippen molar-refractivity contribution in [2.24, 2.45) is 0 Å². The fourth-order valence-corrected chi connectivity index (χ4v) is 2.22. The third-order valence-corrected chi connectivity index (χ3v) is 3.03. The van der Waals surface area contributed by atoms with Crippen molar-refractivity contribution in [3.05, 3.63) is 48.0 Å². The second-order valence-electron chi connectivity index (χ2n) is 4.42. The highest BCUT2D eigenvalue weighted by Gasteiger charge is 2.40. The molecular formula is C14H17NO2. The Morgan fingerprint density at radius 1 is 1.41 bits per heavy atom. The zero-order valence-electron chi connectivity index (χ0n) is 10.1. The molecule has 90 valence electrons. The molecule has 0 fully saturated rings. The standard InChI is InChI=1S/C14H17NO2/c1-11-8-9-14(15-11,13(16)17-2)10-12-6-4-3-5-7-12/h3-9,11,15H,10H2,1-2H3/t11-,14+/m1/s1. The van der Waals surface area contributed by atoms with Crippen LogP contribution < -0.4 is 5.32 Å². The maximum absolute atomic E-state index is 11.9. The van der Waals surface area contributed by atoms with Crippen LogP contribution in [0.2, 0.25) is 0 Å². The summed E-state index contributed by atoms with van der Waals surface area (Å²) in [5.41, 5.74) is 0.402. The van der Waals surface area contributed by atoms with Crippen LogP contribution in [-0.4, -0.2) is 24.7 Å². The van der Waals surface area contributed by atoms with Gasteiger partial charge in [-0.25, -0.2) is 4.79 Å². The molecule has 2 atom stereocenters. The van der Waals surface area contributed by atoms with Crippen LogP contribution in [0.4, 0.5) is 0 Å². The number of benzene rings is 1. The highest BCUT2D eigenvalue weighted by Crippen LogP contribution is 2.22. The fourth-order valence-electron chi connectivity index (χ4n) is 2.22. The van der Waals surface area contributed by atoms with E-state index in [9.17, 15) is 4.79 Å². The first-order valence-electron chi connectivity index (χ1n) is 5.76. The minimum absolute atomic E-state index is 0.192. The lowest BCUT2D eigenvalue weighted by Crippen LogP contribution is -2.52. The van der Waals surface area contributed by atoms with Gasteiger partial charge in [-0.3, -0.25) is 5.32 Å². The summed E-state index contributed by atoms with van der Waals surface area (Å²) in [5.74, 6) is -0.234. The van der Waals surface area contributed by atoms with Gasteiger partial charge in [-0.15, -0.1) is 0 Å². The van der Waals surface area contributed by atoms with Crippen molar-refractivity contribution in [1.29, 1.82) is 0 Å². The van der Waals surface area contributed by atoms with Crippen molar-refractivity contribution in [1.82, 2.24) is 5.32 Å². The number of rotatable bonds is 3. The first kappa shape index (κ1) is 11.9. The lowest BCUT2D eigenvalue weighted by atomic mass is 9.92. The van der Waals surface area contributed by atoms with Gasteiger partial charge in [-0.05, 0) is 12.5 Å². The van der Waals surface area contributed by atoms with Crippen LogP contribution in [0.3, 0.4) is 0 Å². The summed E-state index contributed by atoms with van der Waals surface area (Å²) in [6.45, 7) is 2.02. The number of carbonyl (C=O) groups is 1. The molecule has 0 radical (unpaired) electrons. The summed E-state index contributed by atoms with van der Waals surface area (Å²) in [4.78, 5) is 11.9. The van der Waals surface area contributed by atoms with Crippen LogP contribution in [0.15, 0.2) is 42.5 Å². The Morgan fingerprint density at radius 2 is 2.12 bits per heavy atom. The Hall–Kier alpha value is -1.61. The van der Waals surface area contributed by atoms with Crippen molar-refractivity contribution in [3.8, 4) is 0 Å². The van der Waals surface area contributed by atoms with E-state index in [2.05, 4.69) is 5.32 Å². The van der Waals surface area contributed by atoms with Crippen LogP contribution in [0.1, 0.15) is 12.5 Å². The molecule has 0 spiro atoms. The topological polar surface area (TPSA) is 38.3 Å². The molecule has 0 aromatic heterocycles. The van der Waals surface area contributed by atoms with Crippen molar-refractivity contribution in [2.45, 2.75) is 24.9 Å². The van der Waals surface area contributed by atoms with E-state index in [1.807, 2.05) is 49.4 Å². The molecule has 1 aromatic rings. The van der Waals surface area contributed by atoms with E-state index in [0.29, 0.717) is 6.42 Å². The molecule has 0 unspecified atom stereocenters. The Labute approximate surface area is 101 Å². The second-order valence-corrected chi connectivity index (χ2v) is 4.42. The Balaban J connectivity index is 2.24. The molecule has 3 nitrogen and oxygen atoms in total. The normalized spacial score (nSPS) is 27.1. The van der Waals surface area contributed by atoms with Crippen molar-refractivity contribution in [2.75, 3.05) is 7.11 Å². The Morgan fingerprint density at radius 3 is 2.65 bits per heavy atom. The van der Waals surface area contributed by atoms with Gasteiger partial charge in [-0.1, -0.05) is 42.5 Å². The zero-order chi connectivity index (χ0) is 12.3. The smallest absolute Gasteiger partial charge is 0.330 e. The highest BCUT2D eigenvalue weighted by atomic mass is 16.5. The van der Waals surface area contributed by atoms with E-state index in [1.165, 1.54) is 7.11 Å². The van der Waals surface area contributed by atoms with Gasteiger partial charge in [0.25, 0.3) is 0 Å². The summed E-state index contributed by atoms with van der Waals surface area (Å²) in [5, 5.41) is 3.28. The molecule has 3 heteroatoms. The maximum Gasteiger partial charge on any atom is 0.330 e. The van der Waals surface area contributed by atoms with Crippen molar-refractivity contribution < 1.29 is 9.53 Å². The monoisotopic (exact) mass is 231 g/mol. The minimum atomic E-state index is -0.713. The molecule has 17 heavy (non-hydrogen) atoms. The number of methoxy groups -OCH3 is 1. The van der Waals surface area contributed by atoms with Crippen LogP contribution in [-0.2, 0) is 16.0 Å². The molecule has 0 amide bonds. The van der Waals surface area contributed by atoms with E-state index in [-0.39, 0.29) is 12.0 Å². The summed E-state index contributed by atoms with van der Waals surface area (Å²) in [7, 11) is 1.42. The van der Waals surface area contributed by atoms with Gasteiger partial charge in [0.1, 0.15) is 5.54 Å². The van der Waals surface area contributed by atoms with Crippen LogP contribution in [0, 0.1) is 0 Å². The van der Waals surface area contributed by atoms with E-state index in [1.54, 1.807) is 0 Å². The molecule has 1 aliphatic heterocycles.